The summed E-state index contributed by atoms with van der Waals surface area (Å²) in [7, 11) is 0. The molecule has 0 amide bonds. The third-order valence-electron chi connectivity index (χ3n) is 2.07. The minimum Gasteiger partial charge on any atom is -0.356 e. The first-order valence-electron chi connectivity index (χ1n) is 5.19. The Morgan fingerprint density at radius 1 is 1.40 bits per heavy atom. The maximum atomic E-state index is 10.9. The van der Waals surface area contributed by atoms with Gasteiger partial charge in [0.15, 0.2) is 0 Å². The second-order valence-electron chi connectivity index (χ2n) is 2.98. The molecule has 0 unspecified atom stereocenters. The molecule has 0 aromatic rings. The van der Waals surface area contributed by atoms with Crippen LogP contribution >= 0.6 is 11.8 Å². The van der Waals surface area contributed by atoms with Gasteiger partial charge in [-0.1, -0.05) is 19.4 Å². The Morgan fingerprint density at radius 2 is 2.07 bits per heavy atom. The Bertz CT molecular complexity index is 165. The van der Waals surface area contributed by atoms with Gasteiger partial charge in [0.05, 0.1) is 6.42 Å². The summed E-state index contributed by atoms with van der Waals surface area (Å²) < 4.78 is 0. The van der Waals surface area contributed by atoms with Crippen molar-refractivity contribution in [3.63, 3.8) is 0 Å². The molecule has 0 aromatic heterocycles. The summed E-state index contributed by atoms with van der Waals surface area (Å²) in [6, 6.07) is 0. The third kappa shape index (κ3) is 8.68. The van der Waals surface area contributed by atoms with Crippen LogP contribution in [0.15, 0.2) is 0 Å². The van der Waals surface area contributed by atoms with Gasteiger partial charge in [-0.3, -0.25) is 4.79 Å². The molecule has 0 rings (SSSR count). The van der Waals surface area contributed by atoms with Crippen molar-refractivity contribution in [2.75, 3.05) is 31.1 Å². The summed E-state index contributed by atoms with van der Waals surface area (Å²) in [4.78, 5) is 17.6. The molecule has 15 heavy (non-hydrogen) atoms. The molecule has 0 atom stereocenters. The Labute approximate surface area is 95.6 Å². The molecule has 0 aliphatic rings. The van der Waals surface area contributed by atoms with Crippen LogP contribution < -0.4 is 11.4 Å². The average molecular weight is 235 g/mol. The van der Waals surface area contributed by atoms with Gasteiger partial charge in [-0.2, -0.15) is 11.8 Å². The van der Waals surface area contributed by atoms with Crippen LogP contribution in [0.5, 0.6) is 0 Å². The molecule has 0 bridgehead atoms. The molecule has 0 aliphatic carbocycles. The van der Waals surface area contributed by atoms with Crippen LogP contribution in [0.2, 0.25) is 0 Å². The molecule has 0 heterocycles. The predicted molar refractivity (Wildman–Crippen MR) is 63.1 cm³/mol. The Balaban J connectivity index is 3.27. The van der Waals surface area contributed by atoms with Crippen LogP contribution in [0.1, 0.15) is 20.3 Å². The van der Waals surface area contributed by atoms with Gasteiger partial charge >= 0.3 is 5.97 Å². The van der Waals surface area contributed by atoms with Crippen molar-refractivity contribution in [3.8, 4) is 0 Å². The average Bonchev–Trinajstić information content (AvgIpc) is 2.24. The highest BCUT2D eigenvalue weighted by Gasteiger charge is 2.02. The highest BCUT2D eigenvalue weighted by Crippen LogP contribution is 2.03. The van der Waals surface area contributed by atoms with Crippen LogP contribution in [0.25, 0.3) is 0 Å². The maximum absolute atomic E-state index is 10.9. The number of hydrazine groups is 1. The quantitative estimate of drug-likeness (QED) is 0.342. The van der Waals surface area contributed by atoms with Gasteiger partial charge in [-0.25, -0.2) is 5.84 Å². The fourth-order valence-corrected chi connectivity index (χ4v) is 2.01. The monoisotopic (exact) mass is 235 g/mol. The van der Waals surface area contributed by atoms with E-state index in [0.717, 1.165) is 31.1 Å². The Morgan fingerprint density at radius 3 is 2.60 bits per heavy atom. The molecule has 0 saturated carbocycles. The number of nitrogens with zero attached hydrogens (tertiary/aromatic N) is 1. The molecule has 0 fully saturated rings. The Hall–Kier alpha value is -0.300. The van der Waals surface area contributed by atoms with E-state index >= 15 is 0 Å². The highest BCUT2D eigenvalue weighted by molar-refractivity contribution is 7.99. The number of hydrogen-bond acceptors (Lipinski definition) is 6. The molecule has 0 radical (unpaired) electrons. The summed E-state index contributed by atoms with van der Waals surface area (Å²) >= 11 is 1.76. The standard InChI is InChI=1S/C9H21N3O2S/c1-3-12(4-2)6-8-15-7-5-9(13)14-11-10/h11H,3-8,10H2,1-2H3. The van der Waals surface area contributed by atoms with Gasteiger partial charge in [0.2, 0.25) is 0 Å². The molecule has 0 aliphatic heterocycles. The van der Waals surface area contributed by atoms with Crippen LogP contribution in [-0.4, -0.2) is 42.0 Å². The van der Waals surface area contributed by atoms with Crippen LogP contribution in [0.4, 0.5) is 0 Å². The summed E-state index contributed by atoms with van der Waals surface area (Å²) in [5.41, 5.74) is 1.88. The molecule has 0 aromatic carbocycles. The number of rotatable bonds is 9. The highest BCUT2D eigenvalue weighted by atomic mass is 32.2. The minimum atomic E-state index is -0.312. The molecule has 0 saturated heterocycles. The zero-order chi connectivity index (χ0) is 11.5. The zero-order valence-electron chi connectivity index (χ0n) is 9.49. The maximum Gasteiger partial charge on any atom is 0.327 e. The largest absolute Gasteiger partial charge is 0.356 e. The normalized spacial score (nSPS) is 10.7. The number of carbonyl (C=O) groups is 1. The van der Waals surface area contributed by atoms with Crippen LogP contribution in [0.3, 0.4) is 0 Å². The van der Waals surface area contributed by atoms with Crippen molar-refractivity contribution in [3.05, 3.63) is 0 Å². The number of thioether (sulfide) groups is 1. The smallest absolute Gasteiger partial charge is 0.327 e. The fourth-order valence-electron chi connectivity index (χ4n) is 1.11. The van der Waals surface area contributed by atoms with Gasteiger partial charge in [-0.05, 0) is 13.1 Å². The first-order chi connectivity index (χ1) is 7.24. The minimum absolute atomic E-state index is 0.312. The van der Waals surface area contributed by atoms with Gasteiger partial charge in [0.25, 0.3) is 0 Å². The third-order valence-corrected chi connectivity index (χ3v) is 3.03. The van der Waals surface area contributed by atoms with Gasteiger partial charge in [0.1, 0.15) is 0 Å². The summed E-state index contributed by atoms with van der Waals surface area (Å²) in [5, 5.41) is 0. The lowest BCUT2D eigenvalue weighted by Crippen LogP contribution is -2.27. The van der Waals surface area contributed by atoms with Gasteiger partial charge < -0.3 is 9.74 Å². The number of nitrogens with two attached hydrogens (primary N) is 1. The van der Waals surface area contributed by atoms with E-state index in [-0.39, 0.29) is 5.97 Å². The van der Waals surface area contributed by atoms with Crippen molar-refractivity contribution in [2.45, 2.75) is 20.3 Å². The van der Waals surface area contributed by atoms with E-state index < -0.39 is 0 Å². The van der Waals surface area contributed by atoms with E-state index in [1.165, 1.54) is 0 Å². The predicted octanol–water partition coefficient (Wildman–Crippen LogP) is 0.373. The van der Waals surface area contributed by atoms with Crippen molar-refractivity contribution in [1.82, 2.24) is 10.5 Å². The van der Waals surface area contributed by atoms with E-state index in [1.807, 2.05) is 5.59 Å². The van der Waals surface area contributed by atoms with Crippen LogP contribution in [0, 0.1) is 0 Å². The lowest BCUT2D eigenvalue weighted by Gasteiger charge is -2.17. The van der Waals surface area contributed by atoms with Gasteiger partial charge in [-0.15, -0.1) is 0 Å². The SMILES string of the molecule is CCN(CC)CCSCCC(=O)ONN. The number of carbonyl (C=O) groups excluding carboxylic acids is 1. The molecule has 0 spiro atoms. The van der Waals surface area contributed by atoms with Crippen molar-refractivity contribution < 1.29 is 9.63 Å². The molecule has 90 valence electrons. The number of nitrogens with one attached hydrogen (secondary N) is 1. The van der Waals surface area contributed by atoms with E-state index in [4.69, 9.17) is 5.84 Å². The van der Waals surface area contributed by atoms with Crippen molar-refractivity contribution in [2.24, 2.45) is 5.84 Å². The van der Waals surface area contributed by atoms with Crippen molar-refractivity contribution >= 4 is 17.7 Å². The topological polar surface area (TPSA) is 67.6 Å². The van der Waals surface area contributed by atoms with E-state index in [0.29, 0.717) is 6.42 Å². The first-order valence-corrected chi connectivity index (χ1v) is 6.35. The molecule has 6 heteroatoms. The second kappa shape index (κ2) is 10.2. The molecular formula is C9H21N3O2S. The molecule has 5 nitrogen and oxygen atoms in total. The lowest BCUT2D eigenvalue weighted by molar-refractivity contribution is -0.150. The zero-order valence-corrected chi connectivity index (χ0v) is 10.3. The van der Waals surface area contributed by atoms with Gasteiger partial charge in [0, 0.05) is 18.1 Å². The van der Waals surface area contributed by atoms with E-state index in [1.54, 1.807) is 11.8 Å². The van der Waals surface area contributed by atoms with E-state index in [2.05, 4.69) is 23.6 Å². The number of hydrogen-bond donors (Lipinski definition) is 2. The van der Waals surface area contributed by atoms with Crippen LogP contribution in [-0.2, 0) is 9.63 Å². The van der Waals surface area contributed by atoms with E-state index in [9.17, 15) is 4.79 Å². The summed E-state index contributed by atoms with van der Waals surface area (Å²) in [6.07, 6.45) is 0.396. The summed E-state index contributed by atoms with van der Waals surface area (Å²) in [5.74, 6) is 6.34. The Kier molecular flexibility index (Phi) is 10.0. The second-order valence-corrected chi connectivity index (χ2v) is 4.21. The van der Waals surface area contributed by atoms with Crippen molar-refractivity contribution in [1.29, 1.82) is 0 Å². The molecular weight excluding hydrogens is 214 g/mol. The molecule has 3 N–H and O–H groups in total. The fraction of sp³-hybridized carbons (Fsp3) is 0.889. The lowest BCUT2D eigenvalue weighted by atomic mass is 10.5. The summed E-state index contributed by atoms with van der Waals surface area (Å²) in [6.45, 7) is 7.53. The first kappa shape index (κ1) is 14.7.